The molecule has 0 atom stereocenters. The van der Waals surface area contributed by atoms with Gasteiger partial charge in [0.15, 0.2) is 6.73 Å². The number of hydrogen-bond donors (Lipinski definition) is 0. The SMILES string of the molecule is CCCn1c(=O)n(CC(=O)OCN2C(=O)c3ccccc3C2=O)c2ccccc21. The van der Waals surface area contributed by atoms with Crippen LogP contribution in [0, 0.1) is 0 Å². The maximum atomic E-state index is 12.7. The van der Waals surface area contributed by atoms with Crippen molar-refractivity contribution in [2.45, 2.75) is 26.4 Å². The molecular formula is C21H19N3O5. The molecule has 2 aromatic carbocycles. The lowest BCUT2D eigenvalue weighted by Crippen LogP contribution is -2.34. The molecule has 3 aromatic rings. The third-order valence-corrected chi connectivity index (χ3v) is 4.89. The molecule has 0 spiro atoms. The Kier molecular flexibility index (Phi) is 4.75. The second-order valence-corrected chi connectivity index (χ2v) is 6.74. The molecule has 1 aromatic heterocycles. The summed E-state index contributed by atoms with van der Waals surface area (Å²) in [5.74, 6) is -1.71. The number of aryl methyl sites for hydroxylation is 1. The van der Waals surface area contributed by atoms with Crippen LogP contribution in [-0.4, -0.2) is 38.5 Å². The van der Waals surface area contributed by atoms with E-state index in [2.05, 4.69) is 0 Å². The van der Waals surface area contributed by atoms with Crippen molar-refractivity contribution in [1.29, 1.82) is 0 Å². The standard InChI is InChI=1S/C21H19N3O5/c1-2-11-22-16-9-5-6-10-17(16)23(21(22)28)12-18(25)29-13-24-19(26)14-7-3-4-8-15(14)20(24)27/h3-10H,2,11-13H2,1H3. The van der Waals surface area contributed by atoms with E-state index in [9.17, 15) is 19.2 Å². The lowest BCUT2D eigenvalue weighted by Gasteiger charge is -2.14. The lowest BCUT2D eigenvalue weighted by molar-refractivity contribution is -0.147. The number of carbonyl (C=O) groups excluding carboxylic acids is 3. The topological polar surface area (TPSA) is 90.6 Å². The van der Waals surface area contributed by atoms with Gasteiger partial charge in [-0.2, -0.15) is 0 Å². The first-order valence-corrected chi connectivity index (χ1v) is 9.31. The summed E-state index contributed by atoms with van der Waals surface area (Å²) in [7, 11) is 0. The molecule has 0 saturated heterocycles. The molecule has 0 radical (unpaired) electrons. The first kappa shape index (κ1) is 18.7. The number of rotatable bonds is 6. The summed E-state index contributed by atoms with van der Waals surface area (Å²) in [4.78, 5) is 50.7. The van der Waals surface area contributed by atoms with Crippen LogP contribution in [0.4, 0.5) is 0 Å². The van der Waals surface area contributed by atoms with Crippen molar-refractivity contribution in [2.75, 3.05) is 6.73 Å². The van der Waals surface area contributed by atoms with Gasteiger partial charge in [0, 0.05) is 6.54 Å². The van der Waals surface area contributed by atoms with Crippen LogP contribution in [0.5, 0.6) is 0 Å². The van der Waals surface area contributed by atoms with Gasteiger partial charge in [-0.25, -0.2) is 9.69 Å². The van der Waals surface area contributed by atoms with Crippen LogP contribution in [0.15, 0.2) is 53.3 Å². The predicted octanol–water partition coefficient (Wildman–Crippen LogP) is 2.01. The van der Waals surface area contributed by atoms with Crippen LogP contribution in [-0.2, 0) is 22.6 Å². The number of aromatic nitrogens is 2. The highest BCUT2D eigenvalue weighted by Gasteiger charge is 2.35. The van der Waals surface area contributed by atoms with Gasteiger partial charge in [-0.05, 0) is 30.7 Å². The lowest BCUT2D eigenvalue weighted by atomic mass is 10.1. The molecule has 0 aliphatic carbocycles. The van der Waals surface area contributed by atoms with Crippen LogP contribution in [0.1, 0.15) is 34.1 Å². The van der Waals surface area contributed by atoms with Crippen molar-refractivity contribution in [3.63, 3.8) is 0 Å². The number of imidazole rings is 1. The fourth-order valence-corrected chi connectivity index (χ4v) is 3.53. The number of para-hydroxylation sites is 2. The van der Waals surface area contributed by atoms with Crippen molar-refractivity contribution in [2.24, 2.45) is 0 Å². The number of nitrogens with zero attached hydrogens (tertiary/aromatic N) is 3. The van der Waals surface area contributed by atoms with Gasteiger partial charge in [0.1, 0.15) is 6.54 Å². The Bertz CT molecular complexity index is 1160. The quantitative estimate of drug-likeness (QED) is 0.472. The van der Waals surface area contributed by atoms with Gasteiger partial charge in [0.2, 0.25) is 0 Å². The zero-order chi connectivity index (χ0) is 20.5. The van der Waals surface area contributed by atoms with Gasteiger partial charge >= 0.3 is 11.7 Å². The Morgan fingerprint density at radius 1 is 0.862 bits per heavy atom. The molecule has 0 saturated carbocycles. The summed E-state index contributed by atoms with van der Waals surface area (Å²) in [5, 5.41) is 0. The van der Waals surface area contributed by atoms with E-state index < -0.39 is 24.5 Å². The number of benzene rings is 2. The molecule has 8 nitrogen and oxygen atoms in total. The fourth-order valence-electron chi connectivity index (χ4n) is 3.53. The largest absolute Gasteiger partial charge is 0.442 e. The van der Waals surface area contributed by atoms with E-state index in [-0.39, 0.29) is 23.4 Å². The van der Waals surface area contributed by atoms with E-state index in [1.165, 1.54) is 4.57 Å². The van der Waals surface area contributed by atoms with E-state index in [1.54, 1.807) is 41.0 Å². The van der Waals surface area contributed by atoms with Crippen molar-refractivity contribution in [3.8, 4) is 0 Å². The minimum atomic E-state index is -0.706. The van der Waals surface area contributed by atoms with Gasteiger partial charge < -0.3 is 4.74 Å². The Hall–Kier alpha value is -3.68. The molecule has 1 aliphatic heterocycles. The van der Waals surface area contributed by atoms with Gasteiger partial charge in [0.05, 0.1) is 22.2 Å². The predicted molar refractivity (Wildman–Crippen MR) is 104 cm³/mol. The number of esters is 1. The summed E-state index contributed by atoms with van der Waals surface area (Å²) in [6, 6.07) is 13.7. The summed E-state index contributed by atoms with van der Waals surface area (Å²) >= 11 is 0. The Balaban J connectivity index is 1.50. The van der Waals surface area contributed by atoms with Gasteiger partial charge in [-0.1, -0.05) is 31.2 Å². The fraction of sp³-hybridized carbons (Fsp3) is 0.238. The molecule has 8 heteroatoms. The van der Waals surface area contributed by atoms with Crippen molar-refractivity contribution in [3.05, 3.63) is 70.1 Å². The number of imide groups is 1. The third-order valence-electron chi connectivity index (χ3n) is 4.89. The van der Waals surface area contributed by atoms with Crippen molar-refractivity contribution < 1.29 is 19.1 Å². The van der Waals surface area contributed by atoms with E-state index in [1.807, 2.05) is 19.1 Å². The number of carbonyl (C=O) groups is 3. The highest BCUT2D eigenvalue weighted by atomic mass is 16.5. The van der Waals surface area contributed by atoms with Gasteiger partial charge in [-0.15, -0.1) is 0 Å². The molecule has 2 amide bonds. The number of hydrogen-bond acceptors (Lipinski definition) is 5. The second kappa shape index (κ2) is 7.38. The highest BCUT2D eigenvalue weighted by Crippen LogP contribution is 2.22. The zero-order valence-corrected chi connectivity index (χ0v) is 15.8. The normalized spacial score (nSPS) is 13.2. The minimum Gasteiger partial charge on any atom is -0.442 e. The average Bonchev–Trinajstić information content (AvgIpc) is 3.13. The second-order valence-electron chi connectivity index (χ2n) is 6.74. The molecular weight excluding hydrogens is 374 g/mol. The summed E-state index contributed by atoms with van der Waals surface area (Å²) in [6.07, 6.45) is 0.776. The zero-order valence-electron chi connectivity index (χ0n) is 15.8. The average molecular weight is 393 g/mol. The third kappa shape index (κ3) is 3.12. The Morgan fingerprint density at radius 3 is 2.00 bits per heavy atom. The maximum absolute atomic E-state index is 12.7. The number of fused-ring (bicyclic) bond motifs is 2. The Morgan fingerprint density at radius 2 is 1.41 bits per heavy atom. The highest BCUT2D eigenvalue weighted by molar-refractivity contribution is 6.21. The van der Waals surface area contributed by atoms with Crippen molar-refractivity contribution >= 4 is 28.8 Å². The van der Waals surface area contributed by atoms with E-state index in [4.69, 9.17) is 4.74 Å². The summed E-state index contributed by atoms with van der Waals surface area (Å²) in [6.45, 7) is 1.71. The maximum Gasteiger partial charge on any atom is 0.329 e. The van der Waals surface area contributed by atoms with Gasteiger partial charge in [-0.3, -0.25) is 23.5 Å². The van der Waals surface area contributed by atoms with Crippen LogP contribution in [0.2, 0.25) is 0 Å². The van der Waals surface area contributed by atoms with Crippen LogP contribution in [0.3, 0.4) is 0 Å². The molecule has 0 N–H and O–H groups in total. The summed E-state index contributed by atoms with van der Waals surface area (Å²) < 4.78 is 8.11. The molecule has 0 fully saturated rings. The molecule has 148 valence electrons. The first-order valence-electron chi connectivity index (χ1n) is 9.31. The van der Waals surface area contributed by atoms with Crippen molar-refractivity contribution in [1.82, 2.24) is 14.0 Å². The number of ether oxygens (including phenoxy) is 1. The summed E-state index contributed by atoms with van der Waals surface area (Å²) in [5.41, 5.74) is 1.64. The smallest absolute Gasteiger partial charge is 0.329 e. The number of amides is 2. The van der Waals surface area contributed by atoms with Gasteiger partial charge in [0.25, 0.3) is 11.8 Å². The van der Waals surface area contributed by atoms with E-state index in [0.717, 1.165) is 16.8 Å². The minimum absolute atomic E-state index is 0.285. The van der Waals surface area contributed by atoms with E-state index in [0.29, 0.717) is 12.1 Å². The first-order chi connectivity index (χ1) is 14.0. The van der Waals surface area contributed by atoms with Crippen LogP contribution in [0.25, 0.3) is 11.0 Å². The molecule has 0 unspecified atom stereocenters. The van der Waals surface area contributed by atoms with Crippen LogP contribution < -0.4 is 5.69 Å². The van der Waals surface area contributed by atoms with E-state index >= 15 is 0 Å². The molecule has 1 aliphatic rings. The van der Waals surface area contributed by atoms with Crippen LogP contribution >= 0.6 is 0 Å². The molecule has 29 heavy (non-hydrogen) atoms. The molecule has 4 rings (SSSR count). The molecule has 0 bridgehead atoms. The molecule has 2 heterocycles. The monoisotopic (exact) mass is 393 g/mol. The Labute approximate surface area is 165 Å².